The third-order valence-electron chi connectivity index (χ3n) is 4.14. The lowest BCUT2D eigenvalue weighted by Crippen LogP contribution is -2.53. The molecule has 4 N–H and O–H groups in total. The van der Waals surface area contributed by atoms with Crippen molar-refractivity contribution in [2.24, 2.45) is 0 Å². The first kappa shape index (κ1) is 14.6. The van der Waals surface area contributed by atoms with Crippen LogP contribution in [0.2, 0.25) is 0 Å². The van der Waals surface area contributed by atoms with Crippen LogP contribution in [-0.2, 0) is 11.3 Å². The molecule has 22 heavy (non-hydrogen) atoms. The van der Waals surface area contributed by atoms with Gasteiger partial charge < -0.3 is 21.3 Å². The highest BCUT2D eigenvalue weighted by atomic mass is 16.2. The Hall–Kier alpha value is -2.28. The highest BCUT2D eigenvalue weighted by Gasteiger charge is 2.31. The van der Waals surface area contributed by atoms with Crippen LogP contribution in [0.4, 0.5) is 10.5 Å². The Morgan fingerprint density at radius 3 is 2.45 bits per heavy atom. The molecule has 2 heterocycles. The minimum atomic E-state index is -0.420. The van der Waals surface area contributed by atoms with E-state index in [2.05, 4.69) is 15.5 Å². The SMILES string of the molecule is Nc1ccc(CN2CCN(C(=O)C3CNC(=O)N3)CC2)cc1. The molecule has 1 aromatic carbocycles. The van der Waals surface area contributed by atoms with Crippen molar-refractivity contribution in [3.63, 3.8) is 0 Å². The molecule has 0 aromatic heterocycles. The third-order valence-corrected chi connectivity index (χ3v) is 4.14. The van der Waals surface area contributed by atoms with E-state index < -0.39 is 6.04 Å². The number of hydrogen-bond acceptors (Lipinski definition) is 4. The minimum absolute atomic E-state index is 0.00508. The summed E-state index contributed by atoms with van der Waals surface area (Å²) in [6, 6.07) is 7.20. The molecule has 3 rings (SSSR count). The second-order valence-electron chi connectivity index (χ2n) is 5.75. The maximum Gasteiger partial charge on any atom is 0.315 e. The van der Waals surface area contributed by atoms with Gasteiger partial charge >= 0.3 is 6.03 Å². The van der Waals surface area contributed by atoms with Gasteiger partial charge in [-0.3, -0.25) is 9.69 Å². The van der Waals surface area contributed by atoms with Crippen molar-refractivity contribution >= 4 is 17.6 Å². The van der Waals surface area contributed by atoms with Crippen LogP contribution < -0.4 is 16.4 Å². The predicted octanol–water partition coefficient (Wildman–Crippen LogP) is -0.406. The number of nitrogen functional groups attached to an aromatic ring is 1. The van der Waals surface area contributed by atoms with Crippen molar-refractivity contribution in [1.29, 1.82) is 0 Å². The van der Waals surface area contributed by atoms with E-state index in [0.717, 1.165) is 25.3 Å². The van der Waals surface area contributed by atoms with E-state index in [4.69, 9.17) is 5.73 Å². The van der Waals surface area contributed by atoms with Crippen LogP contribution in [0.25, 0.3) is 0 Å². The number of rotatable bonds is 3. The number of anilines is 1. The number of urea groups is 1. The zero-order chi connectivity index (χ0) is 15.5. The van der Waals surface area contributed by atoms with E-state index >= 15 is 0 Å². The van der Waals surface area contributed by atoms with Crippen LogP contribution in [0.15, 0.2) is 24.3 Å². The molecule has 0 bridgehead atoms. The van der Waals surface area contributed by atoms with Gasteiger partial charge in [0.25, 0.3) is 0 Å². The van der Waals surface area contributed by atoms with Crippen molar-refractivity contribution in [3.05, 3.63) is 29.8 Å². The standard InChI is InChI=1S/C15H21N5O2/c16-12-3-1-11(2-4-12)10-19-5-7-20(8-6-19)14(21)13-9-17-15(22)18-13/h1-4,13H,5-10,16H2,(H2,17,18,22). The van der Waals surface area contributed by atoms with Gasteiger partial charge in [0.1, 0.15) is 6.04 Å². The average Bonchev–Trinajstić information content (AvgIpc) is 2.96. The van der Waals surface area contributed by atoms with Crippen LogP contribution >= 0.6 is 0 Å². The van der Waals surface area contributed by atoms with E-state index in [1.807, 2.05) is 29.2 Å². The summed E-state index contributed by atoms with van der Waals surface area (Å²) in [7, 11) is 0. The van der Waals surface area contributed by atoms with E-state index in [1.165, 1.54) is 5.56 Å². The van der Waals surface area contributed by atoms with Crippen LogP contribution in [0.3, 0.4) is 0 Å². The van der Waals surface area contributed by atoms with Crippen LogP contribution in [0, 0.1) is 0 Å². The lowest BCUT2D eigenvalue weighted by atomic mass is 10.1. The first-order valence-corrected chi connectivity index (χ1v) is 7.52. The summed E-state index contributed by atoms with van der Waals surface area (Å²) >= 11 is 0. The van der Waals surface area contributed by atoms with Crippen LogP contribution in [0.1, 0.15) is 5.56 Å². The van der Waals surface area contributed by atoms with Gasteiger partial charge in [0.05, 0.1) is 0 Å². The van der Waals surface area contributed by atoms with Gasteiger partial charge in [-0.1, -0.05) is 12.1 Å². The molecule has 0 spiro atoms. The topological polar surface area (TPSA) is 90.7 Å². The Bertz CT molecular complexity index is 552. The van der Waals surface area contributed by atoms with Gasteiger partial charge in [-0.25, -0.2) is 4.79 Å². The summed E-state index contributed by atoms with van der Waals surface area (Å²) in [6.07, 6.45) is 0. The fraction of sp³-hybridized carbons (Fsp3) is 0.467. The molecule has 0 radical (unpaired) electrons. The molecule has 2 aliphatic heterocycles. The number of carbonyl (C=O) groups is 2. The summed E-state index contributed by atoms with van der Waals surface area (Å²) in [5.41, 5.74) is 7.68. The van der Waals surface area contributed by atoms with Gasteiger partial charge in [0, 0.05) is 45.0 Å². The molecule has 0 saturated carbocycles. The maximum absolute atomic E-state index is 12.3. The minimum Gasteiger partial charge on any atom is -0.399 e. The summed E-state index contributed by atoms with van der Waals surface area (Å²) in [5, 5.41) is 5.26. The molecule has 2 fully saturated rings. The van der Waals surface area contributed by atoms with Crippen molar-refractivity contribution < 1.29 is 9.59 Å². The number of amides is 3. The number of benzene rings is 1. The van der Waals surface area contributed by atoms with Crippen molar-refractivity contribution in [2.75, 3.05) is 38.5 Å². The van der Waals surface area contributed by atoms with Gasteiger partial charge in [-0.05, 0) is 17.7 Å². The molecule has 3 amide bonds. The number of hydrogen-bond donors (Lipinski definition) is 3. The number of piperazine rings is 1. The van der Waals surface area contributed by atoms with Crippen molar-refractivity contribution in [3.8, 4) is 0 Å². The smallest absolute Gasteiger partial charge is 0.315 e. The van der Waals surface area contributed by atoms with E-state index in [0.29, 0.717) is 19.6 Å². The molecule has 2 aliphatic rings. The Kier molecular flexibility index (Phi) is 4.15. The number of carbonyl (C=O) groups excluding carboxylic acids is 2. The zero-order valence-corrected chi connectivity index (χ0v) is 12.4. The second-order valence-corrected chi connectivity index (χ2v) is 5.75. The van der Waals surface area contributed by atoms with Gasteiger partial charge in [0.15, 0.2) is 0 Å². The molecular weight excluding hydrogens is 282 g/mol. The first-order valence-electron chi connectivity index (χ1n) is 7.52. The Balaban J connectivity index is 1.48. The normalized spacial score (nSPS) is 22.3. The molecule has 1 aromatic rings. The van der Waals surface area contributed by atoms with Gasteiger partial charge in [-0.15, -0.1) is 0 Å². The fourth-order valence-corrected chi connectivity index (χ4v) is 2.83. The summed E-state index contributed by atoms with van der Waals surface area (Å²) in [6.45, 7) is 4.31. The maximum atomic E-state index is 12.3. The molecule has 2 saturated heterocycles. The Morgan fingerprint density at radius 1 is 1.18 bits per heavy atom. The first-order chi connectivity index (χ1) is 10.6. The summed E-state index contributed by atoms with van der Waals surface area (Å²) < 4.78 is 0. The van der Waals surface area contributed by atoms with Crippen LogP contribution in [0.5, 0.6) is 0 Å². The van der Waals surface area contributed by atoms with E-state index in [9.17, 15) is 9.59 Å². The van der Waals surface area contributed by atoms with Crippen molar-refractivity contribution in [1.82, 2.24) is 20.4 Å². The Labute approximate surface area is 129 Å². The predicted molar refractivity (Wildman–Crippen MR) is 83.0 cm³/mol. The summed E-state index contributed by atoms with van der Waals surface area (Å²) in [5.74, 6) is 0.00508. The Morgan fingerprint density at radius 2 is 1.86 bits per heavy atom. The largest absolute Gasteiger partial charge is 0.399 e. The summed E-state index contributed by atoms with van der Waals surface area (Å²) in [4.78, 5) is 27.5. The third kappa shape index (κ3) is 3.30. The highest BCUT2D eigenvalue weighted by Crippen LogP contribution is 2.11. The zero-order valence-electron chi connectivity index (χ0n) is 12.4. The molecule has 0 aliphatic carbocycles. The molecule has 118 valence electrons. The molecular formula is C15H21N5O2. The van der Waals surface area contributed by atoms with Crippen molar-refractivity contribution in [2.45, 2.75) is 12.6 Å². The monoisotopic (exact) mass is 303 g/mol. The number of nitrogens with two attached hydrogens (primary N) is 1. The second kappa shape index (κ2) is 6.23. The average molecular weight is 303 g/mol. The van der Waals surface area contributed by atoms with Gasteiger partial charge in [-0.2, -0.15) is 0 Å². The van der Waals surface area contributed by atoms with Gasteiger partial charge in [0.2, 0.25) is 5.91 Å². The van der Waals surface area contributed by atoms with E-state index in [-0.39, 0.29) is 11.9 Å². The molecule has 7 heteroatoms. The number of nitrogens with one attached hydrogen (secondary N) is 2. The quantitative estimate of drug-likeness (QED) is 0.662. The fourth-order valence-electron chi connectivity index (χ4n) is 2.83. The lowest BCUT2D eigenvalue weighted by Gasteiger charge is -2.35. The number of nitrogens with zero attached hydrogens (tertiary/aromatic N) is 2. The lowest BCUT2D eigenvalue weighted by molar-refractivity contribution is -0.134. The molecule has 1 atom stereocenters. The van der Waals surface area contributed by atoms with Crippen LogP contribution in [-0.4, -0.2) is 60.5 Å². The molecule has 1 unspecified atom stereocenters. The molecule has 7 nitrogen and oxygen atoms in total. The highest BCUT2D eigenvalue weighted by molar-refractivity contribution is 5.90. The van der Waals surface area contributed by atoms with E-state index in [1.54, 1.807) is 0 Å².